The fraction of sp³-hybridized carbons (Fsp3) is 0.250. The number of hydrogen-bond donors (Lipinski definition) is 1. The molecule has 2 aromatic carbocycles. The van der Waals surface area contributed by atoms with E-state index in [1.165, 1.54) is 6.07 Å². The van der Waals surface area contributed by atoms with E-state index in [2.05, 4.69) is 15.9 Å². The third-order valence-electron chi connectivity index (χ3n) is 3.32. The molecule has 0 aliphatic rings. The smallest absolute Gasteiger partial charge is 0.129 e. The van der Waals surface area contributed by atoms with E-state index in [0.717, 1.165) is 16.7 Å². The van der Waals surface area contributed by atoms with Gasteiger partial charge in [0.2, 0.25) is 0 Å². The monoisotopic (exact) mass is 337 g/mol. The van der Waals surface area contributed by atoms with Crippen LogP contribution in [0.1, 0.15) is 28.3 Å². The number of methoxy groups -OCH3 is 1. The molecule has 0 amide bonds. The number of ether oxygens (including phenoxy) is 1. The van der Waals surface area contributed by atoms with Crippen LogP contribution < -0.4 is 10.5 Å². The maximum absolute atomic E-state index is 14.1. The molecule has 2 nitrogen and oxygen atoms in total. The molecule has 0 radical (unpaired) electrons. The van der Waals surface area contributed by atoms with Crippen LogP contribution in [-0.2, 0) is 0 Å². The molecule has 2 rings (SSSR count). The molecule has 0 aromatic heterocycles. The average molecular weight is 338 g/mol. The minimum atomic E-state index is -0.557. The third kappa shape index (κ3) is 2.86. The molecule has 0 spiro atoms. The molecule has 0 bridgehead atoms. The number of benzene rings is 2. The minimum Gasteiger partial charge on any atom is -0.496 e. The van der Waals surface area contributed by atoms with Gasteiger partial charge >= 0.3 is 0 Å². The molecule has 1 atom stereocenters. The van der Waals surface area contributed by atoms with Crippen LogP contribution in [0.4, 0.5) is 4.39 Å². The van der Waals surface area contributed by atoms with Crippen molar-refractivity contribution in [1.29, 1.82) is 0 Å². The molecule has 0 heterocycles. The van der Waals surface area contributed by atoms with E-state index in [1.807, 2.05) is 26.0 Å². The highest BCUT2D eigenvalue weighted by atomic mass is 79.9. The molecule has 2 N–H and O–H groups in total. The van der Waals surface area contributed by atoms with Gasteiger partial charge in [0, 0.05) is 15.6 Å². The zero-order valence-electron chi connectivity index (χ0n) is 11.7. The molecule has 0 aliphatic carbocycles. The third-order valence-corrected chi connectivity index (χ3v) is 3.81. The van der Waals surface area contributed by atoms with Crippen LogP contribution in [0, 0.1) is 19.7 Å². The van der Waals surface area contributed by atoms with Gasteiger partial charge in [0.15, 0.2) is 0 Å². The van der Waals surface area contributed by atoms with E-state index in [1.54, 1.807) is 19.2 Å². The molecule has 0 aliphatic heterocycles. The maximum atomic E-state index is 14.1. The first-order chi connectivity index (χ1) is 9.43. The van der Waals surface area contributed by atoms with E-state index < -0.39 is 6.04 Å². The van der Waals surface area contributed by atoms with Gasteiger partial charge in [0.1, 0.15) is 11.6 Å². The summed E-state index contributed by atoms with van der Waals surface area (Å²) in [5, 5.41) is 0. The fourth-order valence-corrected chi connectivity index (χ4v) is 2.75. The van der Waals surface area contributed by atoms with Crippen molar-refractivity contribution in [2.45, 2.75) is 19.9 Å². The van der Waals surface area contributed by atoms with Crippen molar-refractivity contribution in [2.24, 2.45) is 5.73 Å². The predicted molar refractivity (Wildman–Crippen MR) is 82.6 cm³/mol. The lowest BCUT2D eigenvalue weighted by atomic mass is 9.93. The summed E-state index contributed by atoms with van der Waals surface area (Å²) in [7, 11) is 1.60. The molecule has 4 heteroatoms. The Morgan fingerprint density at radius 2 is 1.90 bits per heavy atom. The summed E-state index contributed by atoms with van der Waals surface area (Å²) in [6.45, 7) is 3.95. The van der Waals surface area contributed by atoms with Crippen LogP contribution in [0.2, 0.25) is 0 Å². The van der Waals surface area contributed by atoms with E-state index in [9.17, 15) is 4.39 Å². The van der Waals surface area contributed by atoms with Gasteiger partial charge in [-0.2, -0.15) is 0 Å². The molecular weight excluding hydrogens is 321 g/mol. The van der Waals surface area contributed by atoms with Gasteiger partial charge in [-0.1, -0.05) is 28.1 Å². The second kappa shape index (κ2) is 5.94. The Kier molecular flexibility index (Phi) is 4.45. The molecule has 2 aromatic rings. The zero-order valence-corrected chi connectivity index (χ0v) is 13.3. The average Bonchev–Trinajstić information content (AvgIpc) is 2.37. The summed E-state index contributed by atoms with van der Waals surface area (Å²) in [6.07, 6.45) is 0. The summed E-state index contributed by atoms with van der Waals surface area (Å²) in [5.74, 6) is 0.367. The molecule has 20 heavy (non-hydrogen) atoms. The molecule has 0 fully saturated rings. The number of aryl methyl sites for hydroxylation is 2. The molecular formula is C16H17BrFNO. The normalized spacial score (nSPS) is 12.3. The zero-order chi connectivity index (χ0) is 14.9. The highest BCUT2D eigenvalue weighted by Crippen LogP contribution is 2.33. The summed E-state index contributed by atoms with van der Waals surface area (Å²) in [4.78, 5) is 0. The van der Waals surface area contributed by atoms with Gasteiger partial charge < -0.3 is 10.5 Å². The topological polar surface area (TPSA) is 35.2 Å². The first-order valence-electron chi connectivity index (χ1n) is 6.29. The van der Waals surface area contributed by atoms with E-state index in [-0.39, 0.29) is 5.82 Å². The number of nitrogens with two attached hydrogens (primary N) is 1. The van der Waals surface area contributed by atoms with Crippen LogP contribution >= 0.6 is 15.9 Å². The van der Waals surface area contributed by atoms with E-state index >= 15 is 0 Å². The van der Waals surface area contributed by atoms with Crippen molar-refractivity contribution >= 4 is 15.9 Å². The van der Waals surface area contributed by atoms with Crippen molar-refractivity contribution in [3.63, 3.8) is 0 Å². The largest absolute Gasteiger partial charge is 0.496 e. The summed E-state index contributed by atoms with van der Waals surface area (Å²) < 4.78 is 20.2. The van der Waals surface area contributed by atoms with Crippen LogP contribution in [0.5, 0.6) is 5.75 Å². The lowest BCUT2D eigenvalue weighted by Gasteiger charge is -2.20. The number of rotatable bonds is 3. The van der Waals surface area contributed by atoms with Gasteiger partial charge in [0.25, 0.3) is 0 Å². The van der Waals surface area contributed by atoms with Gasteiger partial charge in [-0.15, -0.1) is 0 Å². The SMILES string of the molecule is COc1cc(C)cc(C)c1C(N)c1ccc(Br)cc1F. The van der Waals surface area contributed by atoms with Crippen molar-refractivity contribution in [3.05, 3.63) is 62.9 Å². The van der Waals surface area contributed by atoms with Crippen LogP contribution in [-0.4, -0.2) is 7.11 Å². The highest BCUT2D eigenvalue weighted by Gasteiger charge is 2.20. The van der Waals surface area contributed by atoms with Crippen LogP contribution in [0.3, 0.4) is 0 Å². The second-order valence-electron chi connectivity index (χ2n) is 4.84. The summed E-state index contributed by atoms with van der Waals surface area (Å²) >= 11 is 3.25. The Bertz CT molecular complexity index is 643. The quantitative estimate of drug-likeness (QED) is 0.907. The standard InChI is InChI=1S/C16H17BrFNO/c1-9-6-10(2)15(14(7-9)20-3)16(19)12-5-4-11(17)8-13(12)18/h4-8,16H,19H2,1-3H3. The van der Waals surface area contributed by atoms with E-state index in [0.29, 0.717) is 15.8 Å². The number of halogens is 2. The van der Waals surface area contributed by atoms with Crippen molar-refractivity contribution in [3.8, 4) is 5.75 Å². The molecule has 106 valence electrons. The first-order valence-corrected chi connectivity index (χ1v) is 7.09. The predicted octanol–water partition coefficient (Wildman–Crippen LogP) is 4.26. The molecule has 0 saturated heterocycles. The van der Waals surface area contributed by atoms with E-state index in [4.69, 9.17) is 10.5 Å². The molecule has 1 unspecified atom stereocenters. The van der Waals surface area contributed by atoms with Crippen molar-refractivity contribution in [1.82, 2.24) is 0 Å². The highest BCUT2D eigenvalue weighted by molar-refractivity contribution is 9.10. The van der Waals surface area contributed by atoms with Crippen LogP contribution in [0.15, 0.2) is 34.8 Å². The molecule has 0 saturated carbocycles. The Balaban J connectivity index is 2.55. The number of hydrogen-bond acceptors (Lipinski definition) is 2. The lowest BCUT2D eigenvalue weighted by Crippen LogP contribution is -2.16. The van der Waals surface area contributed by atoms with Gasteiger partial charge in [-0.25, -0.2) is 4.39 Å². The fourth-order valence-electron chi connectivity index (χ4n) is 2.42. The first kappa shape index (κ1) is 15.0. The van der Waals surface area contributed by atoms with Crippen molar-refractivity contribution in [2.75, 3.05) is 7.11 Å². The van der Waals surface area contributed by atoms with Gasteiger partial charge in [0.05, 0.1) is 13.2 Å². The maximum Gasteiger partial charge on any atom is 0.129 e. The summed E-state index contributed by atoms with van der Waals surface area (Å²) in [6, 6.07) is 8.29. The minimum absolute atomic E-state index is 0.325. The Labute approximate surface area is 126 Å². The Morgan fingerprint density at radius 3 is 2.50 bits per heavy atom. The van der Waals surface area contributed by atoms with Gasteiger partial charge in [-0.3, -0.25) is 0 Å². The van der Waals surface area contributed by atoms with Crippen molar-refractivity contribution < 1.29 is 9.13 Å². The van der Waals surface area contributed by atoms with Crippen LogP contribution in [0.25, 0.3) is 0 Å². The second-order valence-corrected chi connectivity index (χ2v) is 5.76. The lowest BCUT2D eigenvalue weighted by molar-refractivity contribution is 0.406. The Morgan fingerprint density at radius 1 is 1.20 bits per heavy atom. The Hall–Kier alpha value is -1.39. The van der Waals surface area contributed by atoms with Gasteiger partial charge in [-0.05, 0) is 43.2 Å². The summed E-state index contributed by atoms with van der Waals surface area (Å²) in [5.41, 5.74) is 9.62.